The Hall–Kier alpha value is -1.44. The first-order valence-corrected chi connectivity index (χ1v) is 10.4. The second-order valence-electron chi connectivity index (χ2n) is 8.05. The number of carbonyl (C=O) groups is 1. The van der Waals surface area contributed by atoms with Crippen LogP contribution in [-0.4, -0.2) is 10.8 Å². The van der Waals surface area contributed by atoms with E-state index in [2.05, 4.69) is 25.6 Å². The number of ketones is 1. The highest BCUT2D eigenvalue weighted by Crippen LogP contribution is 2.39. The van der Waals surface area contributed by atoms with Crippen molar-refractivity contribution in [1.29, 1.82) is 0 Å². The molecule has 1 aromatic rings. The van der Waals surface area contributed by atoms with Crippen LogP contribution in [-0.2, 0) is 12.8 Å². The van der Waals surface area contributed by atoms with E-state index in [1.54, 1.807) is 0 Å². The topological polar surface area (TPSA) is 30.0 Å². The first-order valence-electron chi connectivity index (χ1n) is 10.4. The maximum atomic E-state index is 12.8. The van der Waals surface area contributed by atoms with Crippen LogP contribution in [0.25, 0.3) is 0 Å². The molecule has 1 fully saturated rings. The summed E-state index contributed by atoms with van der Waals surface area (Å²) >= 11 is 0. The number of aryl methyl sites for hydroxylation is 1. The van der Waals surface area contributed by atoms with Crippen molar-refractivity contribution >= 4 is 5.78 Å². The molecule has 0 spiro atoms. The van der Waals surface area contributed by atoms with Crippen LogP contribution in [0.3, 0.4) is 0 Å². The van der Waals surface area contributed by atoms with Crippen LogP contribution in [0.4, 0.5) is 0 Å². The normalized spacial score (nSPS) is 23.6. The standard InChI is InChI=1S/C23H33NO/c1-3-5-6-9-17(4-2)12-13-19-14-15-21-22(24-19)16-18-10-7-8-11-20(18)23(21)25/h3,14-15,17-18,20H,1,4-13,16H2,2H3. The van der Waals surface area contributed by atoms with Crippen molar-refractivity contribution in [3.8, 4) is 0 Å². The summed E-state index contributed by atoms with van der Waals surface area (Å²) in [4.78, 5) is 17.7. The molecule has 25 heavy (non-hydrogen) atoms. The summed E-state index contributed by atoms with van der Waals surface area (Å²) in [5.41, 5.74) is 3.19. The van der Waals surface area contributed by atoms with E-state index < -0.39 is 0 Å². The van der Waals surface area contributed by atoms with Crippen LogP contribution in [0.5, 0.6) is 0 Å². The van der Waals surface area contributed by atoms with Crippen molar-refractivity contribution in [2.45, 2.75) is 77.6 Å². The quantitative estimate of drug-likeness (QED) is 0.433. The number of fused-ring (bicyclic) bond motifs is 2. The van der Waals surface area contributed by atoms with Crippen molar-refractivity contribution < 1.29 is 4.79 Å². The predicted octanol–water partition coefficient (Wildman–Crippen LogP) is 5.94. The summed E-state index contributed by atoms with van der Waals surface area (Å²) in [6.45, 7) is 6.11. The predicted molar refractivity (Wildman–Crippen MR) is 104 cm³/mol. The lowest BCUT2D eigenvalue weighted by Gasteiger charge is -2.34. The largest absolute Gasteiger partial charge is 0.294 e. The molecule has 0 bridgehead atoms. The molecule has 3 unspecified atom stereocenters. The third-order valence-corrected chi connectivity index (χ3v) is 6.41. The summed E-state index contributed by atoms with van der Waals surface area (Å²) in [6, 6.07) is 4.18. The van der Waals surface area contributed by atoms with Crippen LogP contribution in [0.15, 0.2) is 24.8 Å². The number of nitrogens with zero attached hydrogens (tertiary/aromatic N) is 1. The van der Waals surface area contributed by atoms with Gasteiger partial charge >= 0.3 is 0 Å². The number of carbonyl (C=O) groups excluding carboxylic acids is 1. The summed E-state index contributed by atoms with van der Waals surface area (Å²) < 4.78 is 0. The number of allylic oxidation sites excluding steroid dienone is 1. The van der Waals surface area contributed by atoms with Gasteiger partial charge in [-0.25, -0.2) is 0 Å². The lowest BCUT2D eigenvalue weighted by Crippen LogP contribution is -2.34. The van der Waals surface area contributed by atoms with Crippen molar-refractivity contribution in [2.24, 2.45) is 17.8 Å². The van der Waals surface area contributed by atoms with Gasteiger partial charge in [-0.2, -0.15) is 0 Å². The fourth-order valence-electron chi connectivity index (χ4n) is 4.77. The lowest BCUT2D eigenvalue weighted by atomic mass is 9.69. The molecule has 2 nitrogen and oxygen atoms in total. The molecule has 3 rings (SSSR count). The highest BCUT2D eigenvalue weighted by atomic mass is 16.1. The molecule has 1 aromatic heterocycles. The minimum atomic E-state index is 0.281. The Morgan fingerprint density at radius 3 is 2.92 bits per heavy atom. The molecule has 0 saturated heterocycles. The summed E-state index contributed by atoms with van der Waals surface area (Å²) in [7, 11) is 0. The highest BCUT2D eigenvalue weighted by Gasteiger charge is 2.37. The molecule has 0 aliphatic heterocycles. The van der Waals surface area contributed by atoms with Crippen molar-refractivity contribution in [1.82, 2.24) is 4.98 Å². The molecule has 3 atom stereocenters. The second kappa shape index (κ2) is 8.78. The van der Waals surface area contributed by atoms with Gasteiger partial charge in [0.25, 0.3) is 0 Å². The first-order chi connectivity index (χ1) is 12.2. The number of unbranched alkanes of at least 4 members (excludes halogenated alkanes) is 1. The number of hydrogen-bond donors (Lipinski definition) is 0. The minimum absolute atomic E-state index is 0.281. The second-order valence-corrected chi connectivity index (χ2v) is 8.05. The fourth-order valence-corrected chi connectivity index (χ4v) is 4.77. The number of Topliss-reactive ketones (excluding diaryl/α,β-unsaturated/α-hetero) is 1. The maximum absolute atomic E-state index is 12.8. The zero-order valence-electron chi connectivity index (χ0n) is 15.8. The van der Waals surface area contributed by atoms with Gasteiger partial charge in [0.2, 0.25) is 0 Å². The van der Waals surface area contributed by atoms with Crippen molar-refractivity contribution in [3.05, 3.63) is 41.7 Å². The molecule has 0 amide bonds. The van der Waals surface area contributed by atoms with Crippen LogP contribution in [0.1, 0.15) is 86.5 Å². The Morgan fingerprint density at radius 1 is 1.28 bits per heavy atom. The lowest BCUT2D eigenvalue weighted by molar-refractivity contribution is 0.0797. The average molecular weight is 340 g/mol. The molecule has 2 heteroatoms. The third-order valence-electron chi connectivity index (χ3n) is 6.41. The van der Waals surface area contributed by atoms with Gasteiger partial charge in [-0.3, -0.25) is 9.78 Å². The Bertz CT molecular complexity index is 606. The summed E-state index contributed by atoms with van der Waals surface area (Å²) in [6.07, 6.45) is 15.0. The van der Waals surface area contributed by atoms with E-state index in [-0.39, 0.29) is 5.92 Å². The third kappa shape index (κ3) is 4.40. The van der Waals surface area contributed by atoms with E-state index in [1.807, 2.05) is 6.08 Å². The molecule has 0 aromatic carbocycles. The first kappa shape index (κ1) is 18.4. The molecule has 2 aliphatic carbocycles. The number of hydrogen-bond acceptors (Lipinski definition) is 2. The van der Waals surface area contributed by atoms with Crippen molar-refractivity contribution in [3.63, 3.8) is 0 Å². The zero-order valence-corrected chi connectivity index (χ0v) is 15.8. The smallest absolute Gasteiger partial charge is 0.168 e. The molecule has 0 radical (unpaired) electrons. The highest BCUT2D eigenvalue weighted by molar-refractivity contribution is 6.00. The van der Waals surface area contributed by atoms with E-state index >= 15 is 0 Å². The van der Waals surface area contributed by atoms with E-state index in [1.165, 1.54) is 50.6 Å². The van der Waals surface area contributed by atoms with Gasteiger partial charge in [0, 0.05) is 17.2 Å². The number of pyridine rings is 1. The Balaban J connectivity index is 1.63. The SMILES string of the molecule is C=CCCCC(CC)CCc1ccc2c(n1)CC1CCCCC1C2=O. The van der Waals surface area contributed by atoms with Gasteiger partial charge < -0.3 is 0 Å². The monoisotopic (exact) mass is 339 g/mol. The van der Waals surface area contributed by atoms with Crippen LogP contribution < -0.4 is 0 Å². The van der Waals surface area contributed by atoms with Gasteiger partial charge in [0.15, 0.2) is 5.78 Å². The van der Waals surface area contributed by atoms with Gasteiger partial charge in [0.1, 0.15) is 0 Å². The molecule has 1 saturated carbocycles. The maximum Gasteiger partial charge on any atom is 0.168 e. The fraction of sp³-hybridized carbons (Fsp3) is 0.652. The van der Waals surface area contributed by atoms with Gasteiger partial charge in [-0.1, -0.05) is 38.7 Å². The van der Waals surface area contributed by atoms with Gasteiger partial charge in [0.05, 0.1) is 5.69 Å². The molecular weight excluding hydrogens is 306 g/mol. The molecule has 1 heterocycles. The van der Waals surface area contributed by atoms with Crippen LogP contribution in [0, 0.1) is 17.8 Å². The van der Waals surface area contributed by atoms with E-state index in [9.17, 15) is 4.79 Å². The van der Waals surface area contributed by atoms with E-state index in [4.69, 9.17) is 4.98 Å². The van der Waals surface area contributed by atoms with Crippen molar-refractivity contribution in [2.75, 3.05) is 0 Å². The Kier molecular flexibility index (Phi) is 6.45. The molecular formula is C23H33NO. The van der Waals surface area contributed by atoms with Gasteiger partial charge in [-0.05, 0) is 68.9 Å². The van der Waals surface area contributed by atoms with Crippen LogP contribution in [0.2, 0.25) is 0 Å². The molecule has 0 N–H and O–H groups in total. The zero-order chi connectivity index (χ0) is 17.6. The van der Waals surface area contributed by atoms with Gasteiger partial charge in [-0.15, -0.1) is 6.58 Å². The Labute approximate surface area is 153 Å². The average Bonchev–Trinajstić information content (AvgIpc) is 2.64. The van der Waals surface area contributed by atoms with Crippen LogP contribution >= 0.6 is 0 Å². The Morgan fingerprint density at radius 2 is 2.12 bits per heavy atom. The number of rotatable bonds is 8. The molecule has 136 valence electrons. The summed E-state index contributed by atoms with van der Waals surface area (Å²) in [5, 5.41) is 0. The summed E-state index contributed by atoms with van der Waals surface area (Å²) in [5.74, 6) is 1.99. The van der Waals surface area contributed by atoms with E-state index in [0.717, 1.165) is 42.9 Å². The van der Waals surface area contributed by atoms with E-state index in [0.29, 0.717) is 11.7 Å². The molecule has 2 aliphatic rings. The minimum Gasteiger partial charge on any atom is -0.294 e. The number of aromatic nitrogens is 1.